The molecule has 0 amide bonds. The number of aliphatic hydroxyl groups excluding tert-OH is 1. The van der Waals surface area contributed by atoms with Crippen LogP contribution in [0.2, 0.25) is 0 Å². The molecule has 1 N–H and O–H groups in total. The molecule has 0 spiro atoms. The fourth-order valence-corrected chi connectivity index (χ4v) is 2.39. The Bertz CT molecular complexity index is 206. The summed E-state index contributed by atoms with van der Waals surface area (Å²) in [5.74, 6) is 0.357. The van der Waals surface area contributed by atoms with E-state index in [9.17, 15) is 9.90 Å². The first-order valence-corrected chi connectivity index (χ1v) is 6.64. The Morgan fingerprint density at radius 3 is 2.88 bits per heavy atom. The van der Waals surface area contributed by atoms with Gasteiger partial charge in [-0.05, 0) is 32.4 Å². The van der Waals surface area contributed by atoms with Crippen LogP contribution >= 0.6 is 0 Å². The number of hydrogen-bond donors (Lipinski definition) is 1. The summed E-state index contributed by atoms with van der Waals surface area (Å²) in [6.07, 6.45) is 7.16. The number of likely N-dealkylation sites (tertiary alicyclic amines) is 1. The molecule has 3 heteroatoms. The van der Waals surface area contributed by atoms with Gasteiger partial charge in [0.25, 0.3) is 0 Å². The van der Waals surface area contributed by atoms with Crippen molar-refractivity contribution in [1.82, 2.24) is 4.90 Å². The minimum absolute atomic E-state index is 0.266. The molecule has 1 saturated heterocycles. The maximum Gasteiger partial charge on any atom is 0.132 e. The van der Waals surface area contributed by atoms with Crippen LogP contribution < -0.4 is 0 Å². The SMILES string of the molecule is CCC(=O)CCCN1CCCCCC1CO. The van der Waals surface area contributed by atoms with Gasteiger partial charge in [0.05, 0.1) is 6.61 Å². The predicted molar refractivity (Wildman–Crippen MR) is 65.4 cm³/mol. The molecule has 0 aromatic rings. The van der Waals surface area contributed by atoms with Gasteiger partial charge in [-0.3, -0.25) is 9.69 Å². The molecule has 0 aliphatic carbocycles. The lowest BCUT2D eigenvalue weighted by Gasteiger charge is -2.28. The molecule has 1 heterocycles. The second-order valence-electron chi connectivity index (χ2n) is 4.72. The average molecular weight is 227 g/mol. The lowest BCUT2D eigenvalue weighted by atomic mass is 10.1. The highest BCUT2D eigenvalue weighted by molar-refractivity contribution is 5.77. The van der Waals surface area contributed by atoms with Gasteiger partial charge in [-0.15, -0.1) is 0 Å². The largest absolute Gasteiger partial charge is 0.395 e. The molecule has 16 heavy (non-hydrogen) atoms. The van der Waals surface area contributed by atoms with Crippen molar-refractivity contribution < 1.29 is 9.90 Å². The normalized spacial score (nSPS) is 23.0. The van der Waals surface area contributed by atoms with Crippen molar-refractivity contribution in [2.75, 3.05) is 19.7 Å². The predicted octanol–water partition coefficient (Wildman–Crippen LogP) is 1.98. The molecule has 1 unspecified atom stereocenters. The number of hydrogen-bond acceptors (Lipinski definition) is 3. The smallest absolute Gasteiger partial charge is 0.132 e. The third kappa shape index (κ3) is 4.62. The zero-order valence-electron chi connectivity index (χ0n) is 10.5. The Morgan fingerprint density at radius 1 is 1.38 bits per heavy atom. The molecule has 1 atom stereocenters. The van der Waals surface area contributed by atoms with E-state index in [1.54, 1.807) is 0 Å². The van der Waals surface area contributed by atoms with E-state index < -0.39 is 0 Å². The molecule has 0 aromatic heterocycles. The van der Waals surface area contributed by atoms with E-state index in [0.29, 0.717) is 24.7 Å². The fraction of sp³-hybridized carbons (Fsp3) is 0.923. The fourth-order valence-electron chi connectivity index (χ4n) is 2.39. The zero-order valence-corrected chi connectivity index (χ0v) is 10.5. The summed E-state index contributed by atoms with van der Waals surface area (Å²) in [4.78, 5) is 13.6. The highest BCUT2D eigenvalue weighted by Gasteiger charge is 2.19. The Hall–Kier alpha value is -0.410. The maximum atomic E-state index is 11.2. The van der Waals surface area contributed by atoms with Crippen LogP contribution in [-0.2, 0) is 4.79 Å². The van der Waals surface area contributed by atoms with Crippen molar-refractivity contribution in [2.24, 2.45) is 0 Å². The Balaban J connectivity index is 2.28. The molecule has 1 aliphatic rings. The highest BCUT2D eigenvalue weighted by atomic mass is 16.3. The third-order valence-electron chi connectivity index (χ3n) is 3.51. The Morgan fingerprint density at radius 2 is 2.19 bits per heavy atom. The summed E-state index contributed by atoms with van der Waals surface area (Å²) in [5, 5.41) is 9.33. The van der Waals surface area contributed by atoms with Crippen LogP contribution in [0.3, 0.4) is 0 Å². The van der Waals surface area contributed by atoms with E-state index in [1.807, 2.05) is 6.92 Å². The van der Waals surface area contributed by atoms with Crippen LogP contribution in [0.1, 0.15) is 51.9 Å². The minimum atomic E-state index is 0.266. The van der Waals surface area contributed by atoms with Crippen molar-refractivity contribution in [3.8, 4) is 0 Å². The van der Waals surface area contributed by atoms with Gasteiger partial charge in [-0.2, -0.15) is 0 Å². The van der Waals surface area contributed by atoms with E-state index in [0.717, 1.165) is 25.9 Å². The summed E-state index contributed by atoms with van der Waals surface area (Å²) in [6.45, 7) is 4.25. The lowest BCUT2D eigenvalue weighted by Crippen LogP contribution is -2.38. The molecule has 1 fully saturated rings. The van der Waals surface area contributed by atoms with E-state index in [4.69, 9.17) is 0 Å². The Kier molecular flexibility index (Phi) is 6.65. The molecule has 1 aliphatic heterocycles. The van der Waals surface area contributed by atoms with Crippen LogP contribution in [0.4, 0.5) is 0 Å². The van der Waals surface area contributed by atoms with Crippen LogP contribution in [0.25, 0.3) is 0 Å². The Labute approximate surface area is 98.8 Å². The van der Waals surface area contributed by atoms with Crippen LogP contribution in [0, 0.1) is 0 Å². The average Bonchev–Trinajstić information content (AvgIpc) is 2.53. The van der Waals surface area contributed by atoms with Crippen molar-refractivity contribution in [2.45, 2.75) is 57.9 Å². The topological polar surface area (TPSA) is 40.5 Å². The molecule has 94 valence electrons. The van der Waals surface area contributed by atoms with E-state index in [1.165, 1.54) is 19.3 Å². The summed E-state index contributed by atoms with van der Waals surface area (Å²) in [6, 6.07) is 0.333. The van der Waals surface area contributed by atoms with E-state index in [-0.39, 0.29) is 6.61 Å². The number of aliphatic hydroxyl groups is 1. The quantitative estimate of drug-likeness (QED) is 0.754. The van der Waals surface area contributed by atoms with Gasteiger partial charge >= 0.3 is 0 Å². The van der Waals surface area contributed by atoms with E-state index >= 15 is 0 Å². The molecule has 0 bridgehead atoms. The maximum absolute atomic E-state index is 11.2. The van der Waals surface area contributed by atoms with Gasteiger partial charge in [-0.1, -0.05) is 19.8 Å². The molecule has 1 rings (SSSR count). The number of carbonyl (C=O) groups excluding carboxylic acids is 1. The number of rotatable bonds is 6. The summed E-state index contributed by atoms with van der Waals surface area (Å²) in [7, 11) is 0. The molecule has 0 radical (unpaired) electrons. The first-order valence-electron chi connectivity index (χ1n) is 6.64. The standard InChI is InChI=1S/C13H25NO2/c1-2-13(16)8-6-10-14-9-5-3-4-7-12(14)11-15/h12,15H,2-11H2,1H3. The monoisotopic (exact) mass is 227 g/mol. The van der Waals surface area contributed by atoms with Gasteiger partial charge in [0.2, 0.25) is 0 Å². The van der Waals surface area contributed by atoms with Crippen molar-refractivity contribution >= 4 is 5.78 Å². The summed E-state index contributed by atoms with van der Waals surface area (Å²) >= 11 is 0. The van der Waals surface area contributed by atoms with E-state index in [2.05, 4.69) is 4.90 Å². The molecular formula is C13H25NO2. The number of ketones is 1. The minimum Gasteiger partial charge on any atom is -0.395 e. The van der Waals surface area contributed by atoms with Crippen LogP contribution in [-0.4, -0.2) is 41.5 Å². The lowest BCUT2D eigenvalue weighted by molar-refractivity contribution is -0.118. The van der Waals surface area contributed by atoms with Crippen molar-refractivity contribution in [3.63, 3.8) is 0 Å². The molecule has 3 nitrogen and oxygen atoms in total. The van der Waals surface area contributed by atoms with Gasteiger partial charge < -0.3 is 5.11 Å². The highest BCUT2D eigenvalue weighted by Crippen LogP contribution is 2.17. The zero-order chi connectivity index (χ0) is 11.8. The van der Waals surface area contributed by atoms with Gasteiger partial charge in [0.15, 0.2) is 0 Å². The number of nitrogens with zero attached hydrogens (tertiary/aromatic N) is 1. The number of carbonyl (C=O) groups is 1. The third-order valence-corrected chi connectivity index (χ3v) is 3.51. The molecular weight excluding hydrogens is 202 g/mol. The molecule has 0 saturated carbocycles. The summed E-state index contributed by atoms with van der Waals surface area (Å²) in [5.41, 5.74) is 0. The van der Waals surface area contributed by atoms with Crippen LogP contribution in [0.5, 0.6) is 0 Å². The van der Waals surface area contributed by atoms with Gasteiger partial charge in [0.1, 0.15) is 5.78 Å². The van der Waals surface area contributed by atoms with Gasteiger partial charge in [-0.25, -0.2) is 0 Å². The van der Waals surface area contributed by atoms with Crippen molar-refractivity contribution in [1.29, 1.82) is 0 Å². The first kappa shape index (κ1) is 13.7. The second-order valence-corrected chi connectivity index (χ2v) is 4.72. The van der Waals surface area contributed by atoms with Crippen molar-refractivity contribution in [3.05, 3.63) is 0 Å². The molecule has 0 aromatic carbocycles. The second kappa shape index (κ2) is 7.80. The number of Topliss-reactive ketones (excluding diaryl/α,β-unsaturated/α-hetero) is 1. The first-order chi connectivity index (χ1) is 7.77. The van der Waals surface area contributed by atoms with Crippen LogP contribution in [0.15, 0.2) is 0 Å². The van der Waals surface area contributed by atoms with Gasteiger partial charge in [0, 0.05) is 18.9 Å². The summed E-state index contributed by atoms with van der Waals surface area (Å²) < 4.78 is 0.